The van der Waals surface area contributed by atoms with Crippen molar-refractivity contribution in [2.75, 3.05) is 25.0 Å². The molecule has 1 aromatic heterocycles. The van der Waals surface area contributed by atoms with Crippen molar-refractivity contribution in [3.05, 3.63) is 72.3 Å². The maximum atomic E-state index is 13.9. The van der Waals surface area contributed by atoms with Gasteiger partial charge >= 0.3 is 0 Å². The standard InChI is InChI=1S/C25H26F2N4O3/c26-17-6-7-20(21(27)14-17)22-15-28-25(34-22)9-8-23(32)29-19-10-12-31(13-11-19)16-24(33)30-18-4-2-1-3-5-18/h1-7,14-15,19H,8-13,16H2,(H,29,32)(H,30,33). The van der Waals surface area contributed by atoms with Gasteiger partial charge < -0.3 is 15.1 Å². The zero-order chi connectivity index (χ0) is 23.9. The van der Waals surface area contributed by atoms with E-state index in [-0.39, 0.29) is 42.0 Å². The smallest absolute Gasteiger partial charge is 0.238 e. The van der Waals surface area contributed by atoms with Gasteiger partial charge in [0.2, 0.25) is 11.8 Å². The second-order valence-corrected chi connectivity index (χ2v) is 8.27. The first kappa shape index (κ1) is 23.6. The number of amides is 2. The van der Waals surface area contributed by atoms with Crippen molar-refractivity contribution in [1.29, 1.82) is 0 Å². The molecule has 1 saturated heterocycles. The fourth-order valence-corrected chi connectivity index (χ4v) is 3.92. The van der Waals surface area contributed by atoms with Crippen LogP contribution in [0, 0.1) is 11.6 Å². The van der Waals surface area contributed by atoms with E-state index in [0.717, 1.165) is 43.8 Å². The topological polar surface area (TPSA) is 87.5 Å². The predicted molar refractivity (Wildman–Crippen MR) is 123 cm³/mol. The van der Waals surface area contributed by atoms with Crippen LogP contribution >= 0.6 is 0 Å². The average Bonchev–Trinajstić information content (AvgIpc) is 3.28. The Kier molecular flexibility index (Phi) is 7.64. The number of aryl methyl sites for hydroxylation is 1. The first-order valence-electron chi connectivity index (χ1n) is 11.2. The number of rotatable bonds is 8. The van der Waals surface area contributed by atoms with Crippen molar-refractivity contribution in [3.8, 4) is 11.3 Å². The van der Waals surface area contributed by atoms with E-state index in [1.807, 2.05) is 30.3 Å². The Morgan fingerprint density at radius 3 is 2.56 bits per heavy atom. The molecule has 3 aromatic rings. The summed E-state index contributed by atoms with van der Waals surface area (Å²) in [7, 11) is 0. The van der Waals surface area contributed by atoms with Gasteiger partial charge in [-0.3, -0.25) is 14.5 Å². The molecule has 0 spiro atoms. The largest absolute Gasteiger partial charge is 0.441 e. The van der Waals surface area contributed by atoms with E-state index < -0.39 is 11.6 Å². The molecule has 1 aliphatic heterocycles. The molecule has 0 atom stereocenters. The first-order chi connectivity index (χ1) is 16.5. The molecule has 0 radical (unpaired) electrons. The minimum absolute atomic E-state index is 0.0503. The number of benzene rings is 2. The van der Waals surface area contributed by atoms with E-state index in [1.54, 1.807) is 0 Å². The molecule has 1 aliphatic rings. The summed E-state index contributed by atoms with van der Waals surface area (Å²) in [5.74, 6) is -1.07. The van der Waals surface area contributed by atoms with Crippen molar-refractivity contribution in [2.24, 2.45) is 0 Å². The monoisotopic (exact) mass is 468 g/mol. The van der Waals surface area contributed by atoms with Gasteiger partial charge in [-0.25, -0.2) is 13.8 Å². The third-order valence-electron chi connectivity index (χ3n) is 5.69. The van der Waals surface area contributed by atoms with Crippen molar-refractivity contribution in [3.63, 3.8) is 0 Å². The van der Waals surface area contributed by atoms with Gasteiger partial charge in [0.15, 0.2) is 11.7 Å². The van der Waals surface area contributed by atoms with Crippen LogP contribution in [0.2, 0.25) is 0 Å². The Labute approximate surface area is 196 Å². The highest BCUT2D eigenvalue weighted by molar-refractivity contribution is 5.92. The first-order valence-corrected chi connectivity index (χ1v) is 11.2. The van der Waals surface area contributed by atoms with Gasteiger partial charge in [-0.2, -0.15) is 0 Å². The molecule has 0 saturated carbocycles. The maximum absolute atomic E-state index is 13.9. The Bertz CT molecular complexity index is 1130. The number of oxazole rings is 1. The Morgan fingerprint density at radius 2 is 1.82 bits per heavy atom. The van der Waals surface area contributed by atoms with Gasteiger partial charge in [0.1, 0.15) is 11.6 Å². The van der Waals surface area contributed by atoms with Crippen molar-refractivity contribution < 1.29 is 22.8 Å². The average molecular weight is 469 g/mol. The Morgan fingerprint density at radius 1 is 1.06 bits per heavy atom. The molecule has 0 unspecified atom stereocenters. The van der Waals surface area contributed by atoms with Gasteiger partial charge in [0, 0.05) is 43.7 Å². The lowest BCUT2D eigenvalue weighted by molar-refractivity contribution is -0.122. The summed E-state index contributed by atoms with van der Waals surface area (Å²) in [6.45, 7) is 1.76. The molecule has 178 valence electrons. The molecule has 1 fully saturated rings. The van der Waals surface area contributed by atoms with Gasteiger partial charge in [-0.15, -0.1) is 0 Å². The lowest BCUT2D eigenvalue weighted by Gasteiger charge is -2.31. The number of carbonyl (C=O) groups excluding carboxylic acids is 2. The number of nitrogens with one attached hydrogen (secondary N) is 2. The molecule has 0 bridgehead atoms. The van der Waals surface area contributed by atoms with E-state index in [9.17, 15) is 18.4 Å². The molecule has 2 N–H and O–H groups in total. The zero-order valence-electron chi connectivity index (χ0n) is 18.6. The summed E-state index contributed by atoms with van der Waals surface area (Å²) in [5.41, 5.74) is 0.893. The minimum Gasteiger partial charge on any atom is -0.441 e. The summed E-state index contributed by atoms with van der Waals surface area (Å²) in [6.07, 6.45) is 3.35. The molecule has 2 amide bonds. The molecule has 9 heteroatoms. The van der Waals surface area contributed by atoms with Crippen molar-refractivity contribution in [2.45, 2.75) is 31.7 Å². The number of aromatic nitrogens is 1. The number of hydrogen-bond acceptors (Lipinski definition) is 5. The third kappa shape index (κ3) is 6.48. The van der Waals surface area contributed by atoms with Crippen LogP contribution in [-0.2, 0) is 16.0 Å². The van der Waals surface area contributed by atoms with E-state index >= 15 is 0 Å². The van der Waals surface area contributed by atoms with Crippen LogP contribution in [0.1, 0.15) is 25.2 Å². The molecule has 4 rings (SSSR count). The van der Waals surface area contributed by atoms with E-state index in [0.29, 0.717) is 12.4 Å². The number of likely N-dealkylation sites (tertiary alicyclic amines) is 1. The van der Waals surface area contributed by atoms with E-state index in [1.165, 1.54) is 12.3 Å². The highest BCUT2D eigenvalue weighted by atomic mass is 19.1. The third-order valence-corrected chi connectivity index (χ3v) is 5.69. The predicted octanol–water partition coefficient (Wildman–Crippen LogP) is 3.77. The molecule has 0 aliphatic carbocycles. The van der Waals surface area contributed by atoms with Crippen LogP contribution in [0.3, 0.4) is 0 Å². The van der Waals surface area contributed by atoms with Gasteiger partial charge in [0.05, 0.1) is 18.3 Å². The fraction of sp³-hybridized carbons (Fsp3) is 0.320. The molecule has 34 heavy (non-hydrogen) atoms. The summed E-state index contributed by atoms with van der Waals surface area (Å²) in [4.78, 5) is 30.7. The molecule has 2 aromatic carbocycles. The van der Waals surface area contributed by atoms with Crippen LogP contribution in [0.25, 0.3) is 11.3 Å². The molecule has 7 nitrogen and oxygen atoms in total. The summed E-state index contributed by atoms with van der Waals surface area (Å²) in [5, 5.41) is 5.90. The minimum atomic E-state index is -0.732. The summed E-state index contributed by atoms with van der Waals surface area (Å²) >= 11 is 0. The van der Waals surface area contributed by atoms with Crippen LogP contribution in [-0.4, -0.2) is 47.4 Å². The Balaban J connectivity index is 1.17. The normalized spacial score (nSPS) is 14.6. The molecular weight excluding hydrogens is 442 g/mol. The van der Waals surface area contributed by atoms with E-state index in [4.69, 9.17) is 4.42 Å². The number of para-hydroxylation sites is 1. The van der Waals surface area contributed by atoms with Crippen LogP contribution in [0.15, 0.2) is 59.1 Å². The number of nitrogens with zero attached hydrogens (tertiary/aromatic N) is 2. The van der Waals surface area contributed by atoms with Crippen LogP contribution in [0.5, 0.6) is 0 Å². The fourth-order valence-electron chi connectivity index (χ4n) is 3.92. The summed E-state index contributed by atoms with van der Waals surface area (Å²) in [6, 6.07) is 12.6. The number of piperidine rings is 1. The number of carbonyl (C=O) groups is 2. The quantitative estimate of drug-likeness (QED) is 0.526. The number of hydrogen-bond donors (Lipinski definition) is 2. The highest BCUT2D eigenvalue weighted by Gasteiger charge is 2.22. The number of anilines is 1. The maximum Gasteiger partial charge on any atom is 0.238 e. The second-order valence-electron chi connectivity index (χ2n) is 8.27. The lowest BCUT2D eigenvalue weighted by Crippen LogP contribution is -2.46. The number of halogens is 2. The SMILES string of the molecule is O=C(CN1CCC(NC(=O)CCc2ncc(-c3ccc(F)cc3F)o2)CC1)Nc1ccccc1. The molecular formula is C25H26F2N4O3. The van der Waals surface area contributed by atoms with Gasteiger partial charge in [0.25, 0.3) is 0 Å². The van der Waals surface area contributed by atoms with Crippen molar-refractivity contribution >= 4 is 17.5 Å². The van der Waals surface area contributed by atoms with Crippen LogP contribution in [0.4, 0.5) is 14.5 Å². The summed E-state index contributed by atoms with van der Waals surface area (Å²) < 4.78 is 32.5. The zero-order valence-corrected chi connectivity index (χ0v) is 18.6. The lowest BCUT2D eigenvalue weighted by atomic mass is 10.0. The Hall–Kier alpha value is -3.59. The highest BCUT2D eigenvalue weighted by Crippen LogP contribution is 2.24. The van der Waals surface area contributed by atoms with Crippen molar-refractivity contribution in [1.82, 2.24) is 15.2 Å². The van der Waals surface area contributed by atoms with Crippen LogP contribution < -0.4 is 10.6 Å². The second kappa shape index (κ2) is 11.0. The van der Waals surface area contributed by atoms with E-state index in [2.05, 4.69) is 20.5 Å². The van der Waals surface area contributed by atoms with Gasteiger partial charge in [-0.1, -0.05) is 18.2 Å². The van der Waals surface area contributed by atoms with Gasteiger partial charge in [-0.05, 0) is 37.1 Å². The molecule has 2 heterocycles.